The van der Waals surface area contributed by atoms with Gasteiger partial charge in [0.05, 0.1) is 24.3 Å². The molecule has 6 nitrogen and oxygen atoms in total. The predicted octanol–water partition coefficient (Wildman–Crippen LogP) is 5.91. The fourth-order valence-corrected chi connectivity index (χ4v) is 4.37. The van der Waals surface area contributed by atoms with Gasteiger partial charge in [0.15, 0.2) is 0 Å². The number of methoxy groups -OCH3 is 1. The molecule has 0 spiro atoms. The first-order valence-electron chi connectivity index (χ1n) is 12.2. The van der Waals surface area contributed by atoms with Crippen molar-refractivity contribution in [2.45, 2.75) is 53.2 Å². The van der Waals surface area contributed by atoms with Crippen LogP contribution < -0.4 is 4.74 Å². The van der Waals surface area contributed by atoms with Gasteiger partial charge in [0.25, 0.3) is 0 Å². The number of nitrogens with zero attached hydrogens (tertiary/aromatic N) is 2. The van der Waals surface area contributed by atoms with Gasteiger partial charge in [0, 0.05) is 50.4 Å². The highest BCUT2D eigenvalue weighted by Crippen LogP contribution is 2.33. The Morgan fingerprint density at radius 3 is 2.29 bits per heavy atom. The molecule has 34 heavy (non-hydrogen) atoms. The summed E-state index contributed by atoms with van der Waals surface area (Å²) in [7, 11) is 3.88. The number of benzene rings is 2. The third kappa shape index (κ3) is 7.08. The van der Waals surface area contributed by atoms with Crippen LogP contribution in [0.15, 0.2) is 48.7 Å². The fourth-order valence-electron chi connectivity index (χ4n) is 4.37. The van der Waals surface area contributed by atoms with Gasteiger partial charge in [-0.2, -0.15) is 0 Å². The largest absolute Gasteiger partial charge is 0.496 e. The Kier molecular flexibility index (Phi) is 11.1. The second kappa shape index (κ2) is 13.8. The van der Waals surface area contributed by atoms with Gasteiger partial charge >= 0.3 is 5.97 Å². The maximum absolute atomic E-state index is 10.2. The second-order valence-electron chi connectivity index (χ2n) is 8.17. The van der Waals surface area contributed by atoms with Crippen molar-refractivity contribution in [3.8, 4) is 5.75 Å². The van der Waals surface area contributed by atoms with Crippen LogP contribution in [0.4, 0.5) is 0 Å². The summed E-state index contributed by atoms with van der Waals surface area (Å²) in [6.07, 6.45) is 4.83. The van der Waals surface area contributed by atoms with Gasteiger partial charge in [0.1, 0.15) is 5.75 Å². The number of aromatic nitrogens is 1. The van der Waals surface area contributed by atoms with E-state index in [-0.39, 0.29) is 0 Å². The van der Waals surface area contributed by atoms with Crippen molar-refractivity contribution < 1.29 is 19.4 Å². The van der Waals surface area contributed by atoms with Gasteiger partial charge in [-0.15, -0.1) is 0 Å². The molecule has 0 saturated carbocycles. The number of carboxylic acids is 1. The summed E-state index contributed by atoms with van der Waals surface area (Å²) in [5.41, 5.74) is 4.22. The lowest BCUT2D eigenvalue weighted by Crippen LogP contribution is -2.36. The molecule has 1 saturated heterocycles. The quantitative estimate of drug-likeness (QED) is 0.487. The Hall–Kier alpha value is -2.83. The van der Waals surface area contributed by atoms with E-state index in [4.69, 9.17) is 14.6 Å². The maximum atomic E-state index is 10.2. The molecule has 0 bridgehead atoms. The van der Waals surface area contributed by atoms with Crippen molar-refractivity contribution in [3.63, 3.8) is 0 Å². The molecule has 1 N–H and O–H groups in total. The number of fused-ring (bicyclic) bond motifs is 1. The van der Waals surface area contributed by atoms with Crippen molar-refractivity contribution in [1.29, 1.82) is 0 Å². The van der Waals surface area contributed by atoms with E-state index in [0.29, 0.717) is 11.7 Å². The number of piperidine rings is 1. The molecule has 6 heteroatoms. The zero-order chi connectivity index (χ0) is 25.1. The SMILES string of the molecule is CC.CCOC1CCN(Cc2c(OC)cc(C)c3c2ccn3C)CC1.O=C(O)c1ccccc1. The third-order valence-corrected chi connectivity index (χ3v) is 5.98. The molecule has 2 aromatic carbocycles. The lowest BCUT2D eigenvalue weighted by atomic mass is 10.0. The average molecular weight is 469 g/mol. The number of aryl methyl sites for hydroxylation is 2. The normalized spacial score (nSPS) is 14.1. The molecule has 1 fully saturated rings. The van der Waals surface area contributed by atoms with Gasteiger partial charge in [-0.05, 0) is 56.5 Å². The fraction of sp³-hybridized carbons (Fsp3) is 0.464. The van der Waals surface area contributed by atoms with Gasteiger partial charge in [0.2, 0.25) is 0 Å². The Morgan fingerprint density at radius 2 is 1.76 bits per heavy atom. The van der Waals surface area contributed by atoms with Crippen molar-refractivity contribution in [2.75, 3.05) is 26.8 Å². The highest BCUT2D eigenvalue weighted by Gasteiger charge is 2.22. The van der Waals surface area contributed by atoms with Gasteiger partial charge in [-0.25, -0.2) is 4.79 Å². The average Bonchev–Trinajstić information content (AvgIpc) is 3.26. The highest BCUT2D eigenvalue weighted by molar-refractivity contribution is 5.89. The molecule has 0 unspecified atom stereocenters. The van der Waals surface area contributed by atoms with E-state index in [1.54, 1.807) is 37.4 Å². The van der Waals surface area contributed by atoms with Crippen LogP contribution in [0.25, 0.3) is 10.9 Å². The third-order valence-electron chi connectivity index (χ3n) is 5.98. The van der Waals surface area contributed by atoms with Gasteiger partial charge in [-0.3, -0.25) is 4.90 Å². The standard InChI is InChI=1S/C19H28N2O2.C7H6O2.C2H6/c1-5-23-15-6-10-21(11-7-15)13-17-16-8-9-20(3)19(16)14(2)12-18(17)22-4;8-7(9)6-4-2-1-3-5-6;1-2/h8-9,12,15H,5-7,10-11,13H2,1-4H3;1-5H,(H,8,9);1-2H3. The number of carboxylic acid groups (broad SMARTS) is 1. The number of ether oxygens (including phenoxy) is 2. The van der Waals surface area contributed by atoms with Crippen LogP contribution >= 0.6 is 0 Å². The molecule has 1 aromatic heterocycles. The first-order valence-corrected chi connectivity index (χ1v) is 12.2. The van der Waals surface area contributed by atoms with E-state index < -0.39 is 5.97 Å². The van der Waals surface area contributed by atoms with E-state index in [1.165, 1.54) is 22.0 Å². The molecule has 0 atom stereocenters. The minimum Gasteiger partial charge on any atom is -0.496 e. The van der Waals surface area contributed by atoms with Crippen molar-refractivity contribution >= 4 is 16.9 Å². The monoisotopic (exact) mass is 468 g/mol. The Bertz CT molecular complexity index is 1020. The van der Waals surface area contributed by atoms with Crippen LogP contribution in [0.1, 0.15) is 55.1 Å². The van der Waals surface area contributed by atoms with Crippen LogP contribution in [0, 0.1) is 6.92 Å². The zero-order valence-electron chi connectivity index (χ0n) is 21.5. The van der Waals surface area contributed by atoms with E-state index in [1.807, 2.05) is 13.8 Å². The zero-order valence-corrected chi connectivity index (χ0v) is 21.5. The number of rotatable bonds is 6. The van der Waals surface area contributed by atoms with Gasteiger partial charge < -0.3 is 19.1 Å². The van der Waals surface area contributed by atoms with Crippen LogP contribution in [0.2, 0.25) is 0 Å². The number of hydrogen-bond donors (Lipinski definition) is 1. The summed E-state index contributed by atoms with van der Waals surface area (Å²) in [5, 5.41) is 9.70. The molecule has 1 aliphatic heterocycles. The van der Waals surface area contributed by atoms with Crippen LogP contribution in [-0.4, -0.2) is 53.5 Å². The van der Waals surface area contributed by atoms with Crippen molar-refractivity contribution in [2.24, 2.45) is 7.05 Å². The van der Waals surface area contributed by atoms with E-state index in [9.17, 15) is 4.79 Å². The molecule has 4 rings (SSSR count). The summed E-state index contributed by atoms with van der Waals surface area (Å²) >= 11 is 0. The molecular weight excluding hydrogens is 428 g/mol. The summed E-state index contributed by atoms with van der Waals surface area (Å²) < 4.78 is 13.6. The number of carbonyl (C=O) groups is 1. The Labute approximate surface area is 204 Å². The molecule has 1 aliphatic rings. The van der Waals surface area contributed by atoms with Crippen LogP contribution in [-0.2, 0) is 18.3 Å². The number of likely N-dealkylation sites (tertiary alicyclic amines) is 1. The maximum Gasteiger partial charge on any atom is 0.335 e. The summed E-state index contributed by atoms with van der Waals surface area (Å²) in [6.45, 7) is 12.2. The molecule has 186 valence electrons. The van der Waals surface area contributed by atoms with Crippen LogP contribution in [0.3, 0.4) is 0 Å². The van der Waals surface area contributed by atoms with Crippen LogP contribution in [0.5, 0.6) is 5.75 Å². The minimum atomic E-state index is -0.879. The smallest absolute Gasteiger partial charge is 0.335 e. The molecule has 0 amide bonds. The molecule has 2 heterocycles. The van der Waals surface area contributed by atoms with E-state index in [0.717, 1.165) is 44.8 Å². The lowest BCUT2D eigenvalue weighted by molar-refractivity contribution is 0.0125. The Balaban J connectivity index is 0.000000311. The predicted molar refractivity (Wildman–Crippen MR) is 139 cm³/mol. The summed E-state index contributed by atoms with van der Waals surface area (Å²) in [6, 6.07) is 12.7. The van der Waals surface area contributed by atoms with E-state index >= 15 is 0 Å². The number of aromatic carboxylic acids is 1. The van der Waals surface area contributed by atoms with E-state index in [2.05, 4.69) is 48.7 Å². The first kappa shape index (κ1) is 27.4. The lowest BCUT2D eigenvalue weighted by Gasteiger charge is -2.32. The minimum absolute atomic E-state index is 0.331. The first-order chi connectivity index (χ1) is 16.4. The van der Waals surface area contributed by atoms with Crippen molar-refractivity contribution in [1.82, 2.24) is 9.47 Å². The second-order valence-corrected chi connectivity index (χ2v) is 8.17. The summed E-state index contributed by atoms with van der Waals surface area (Å²) in [4.78, 5) is 12.7. The van der Waals surface area contributed by atoms with Crippen molar-refractivity contribution in [3.05, 3.63) is 65.4 Å². The molecule has 0 aliphatic carbocycles. The number of hydrogen-bond acceptors (Lipinski definition) is 4. The molecular formula is C28H40N2O4. The molecule has 3 aromatic rings. The highest BCUT2D eigenvalue weighted by atomic mass is 16.5. The topological polar surface area (TPSA) is 63.9 Å². The molecule has 0 radical (unpaired) electrons. The Morgan fingerprint density at radius 1 is 1.12 bits per heavy atom. The summed E-state index contributed by atoms with van der Waals surface area (Å²) in [5.74, 6) is 0.128. The van der Waals surface area contributed by atoms with Gasteiger partial charge in [-0.1, -0.05) is 32.0 Å².